The highest BCUT2D eigenvalue weighted by Gasteiger charge is 2.16. The number of benzene rings is 2. The average molecular weight is 364 g/mol. The summed E-state index contributed by atoms with van der Waals surface area (Å²) in [5.74, 6) is 1.91. The van der Waals surface area contributed by atoms with Crippen LogP contribution in [-0.4, -0.2) is 39.3 Å². The lowest BCUT2D eigenvalue weighted by molar-refractivity contribution is 0.416. The van der Waals surface area contributed by atoms with Crippen molar-refractivity contribution in [1.82, 2.24) is 4.98 Å². The third kappa shape index (κ3) is 3.57. The molecule has 0 aliphatic carbocycles. The summed E-state index contributed by atoms with van der Waals surface area (Å²) in [4.78, 5) is 9.32. The van der Waals surface area contributed by atoms with Crippen molar-refractivity contribution >= 4 is 22.3 Å². The highest BCUT2D eigenvalue weighted by molar-refractivity contribution is 6.04. The Hall–Kier alpha value is -2.75. The summed E-state index contributed by atoms with van der Waals surface area (Å²) >= 11 is 0. The van der Waals surface area contributed by atoms with E-state index >= 15 is 0 Å². The molecule has 0 saturated carbocycles. The molecule has 0 aliphatic rings. The topological polar surface area (TPSA) is 28.6 Å². The molecule has 4 nitrogen and oxygen atoms in total. The summed E-state index contributed by atoms with van der Waals surface area (Å²) in [5.41, 5.74) is 4.56. The highest BCUT2D eigenvalue weighted by atomic mass is 16.5. The first-order chi connectivity index (χ1) is 13.0. The molecule has 0 amide bonds. The zero-order valence-electron chi connectivity index (χ0n) is 17.2. The molecule has 0 spiro atoms. The maximum atomic E-state index is 5.64. The molecule has 0 N–H and O–H groups in total. The van der Waals surface area contributed by atoms with Gasteiger partial charge in [0.15, 0.2) is 0 Å². The van der Waals surface area contributed by atoms with Gasteiger partial charge in [-0.2, -0.15) is 0 Å². The highest BCUT2D eigenvalue weighted by Crippen LogP contribution is 2.39. The minimum absolute atomic E-state index is 0.871. The minimum atomic E-state index is 0.871. The Morgan fingerprint density at radius 1 is 0.926 bits per heavy atom. The molecule has 0 atom stereocenters. The van der Waals surface area contributed by atoms with Crippen LogP contribution in [0.5, 0.6) is 5.75 Å². The number of ether oxygens (including phenoxy) is 1. The summed E-state index contributed by atoms with van der Waals surface area (Å²) in [5, 5.41) is 2.37. The number of hydrogen-bond acceptors (Lipinski definition) is 4. The van der Waals surface area contributed by atoms with Crippen molar-refractivity contribution in [1.29, 1.82) is 0 Å². The van der Waals surface area contributed by atoms with Crippen LogP contribution in [0, 0.1) is 6.92 Å². The van der Waals surface area contributed by atoms with Crippen molar-refractivity contribution in [2.75, 3.05) is 44.1 Å². The summed E-state index contributed by atoms with van der Waals surface area (Å²) in [6, 6.07) is 12.9. The van der Waals surface area contributed by atoms with Gasteiger partial charge in [0.2, 0.25) is 0 Å². The summed E-state index contributed by atoms with van der Waals surface area (Å²) < 4.78 is 5.64. The molecular weight excluding hydrogens is 334 g/mol. The zero-order chi connectivity index (χ0) is 19.6. The van der Waals surface area contributed by atoms with E-state index in [9.17, 15) is 0 Å². The number of aryl methyl sites for hydroxylation is 1. The SMILES string of the molecule is CCN(CC)c1ncc(-c2cc(C)ccc2OC)c2ccc(N(C)C)cc12. The zero-order valence-corrected chi connectivity index (χ0v) is 17.2. The van der Waals surface area contributed by atoms with Gasteiger partial charge in [-0.05, 0) is 50.4 Å². The van der Waals surface area contributed by atoms with E-state index in [2.05, 4.69) is 75.0 Å². The largest absolute Gasteiger partial charge is 0.496 e. The third-order valence-electron chi connectivity index (χ3n) is 5.07. The molecule has 0 fully saturated rings. The number of hydrogen-bond donors (Lipinski definition) is 0. The van der Waals surface area contributed by atoms with Crippen molar-refractivity contribution in [3.63, 3.8) is 0 Å². The fourth-order valence-electron chi connectivity index (χ4n) is 3.52. The molecule has 142 valence electrons. The van der Waals surface area contributed by atoms with Crippen LogP contribution in [0.15, 0.2) is 42.6 Å². The van der Waals surface area contributed by atoms with Crippen LogP contribution in [0.2, 0.25) is 0 Å². The van der Waals surface area contributed by atoms with Crippen LogP contribution in [-0.2, 0) is 0 Å². The molecule has 1 heterocycles. The fourth-order valence-corrected chi connectivity index (χ4v) is 3.52. The first kappa shape index (κ1) is 19.0. The standard InChI is InChI=1S/C23H29N3O/c1-7-26(8-2)23-20-14-17(25(4)5)10-11-18(20)21(15-24-23)19-13-16(3)9-12-22(19)27-6/h9-15H,7-8H2,1-6H3. The number of anilines is 2. The second-order valence-corrected chi connectivity index (χ2v) is 7.00. The predicted octanol–water partition coefficient (Wildman–Crippen LogP) is 5.13. The molecule has 27 heavy (non-hydrogen) atoms. The van der Waals surface area contributed by atoms with Gasteiger partial charge in [0.25, 0.3) is 0 Å². The predicted molar refractivity (Wildman–Crippen MR) is 116 cm³/mol. The fraction of sp³-hybridized carbons (Fsp3) is 0.348. The average Bonchev–Trinajstić information content (AvgIpc) is 2.68. The van der Waals surface area contributed by atoms with Crippen LogP contribution in [0.25, 0.3) is 21.9 Å². The summed E-state index contributed by atoms with van der Waals surface area (Å²) in [6.45, 7) is 8.30. The van der Waals surface area contributed by atoms with Crippen LogP contribution in [0.3, 0.4) is 0 Å². The normalized spacial score (nSPS) is 10.9. The Labute approximate surface area is 162 Å². The number of nitrogens with zero attached hydrogens (tertiary/aromatic N) is 3. The Bertz CT molecular complexity index is 946. The van der Waals surface area contributed by atoms with Crippen molar-refractivity contribution in [3.05, 3.63) is 48.2 Å². The van der Waals surface area contributed by atoms with E-state index in [-0.39, 0.29) is 0 Å². The van der Waals surface area contributed by atoms with Gasteiger partial charge in [0.05, 0.1) is 7.11 Å². The first-order valence-electron chi connectivity index (χ1n) is 9.50. The van der Waals surface area contributed by atoms with Crippen molar-refractivity contribution in [3.8, 4) is 16.9 Å². The van der Waals surface area contributed by atoms with E-state index in [4.69, 9.17) is 9.72 Å². The van der Waals surface area contributed by atoms with Gasteiger partial charge in [0, 0.05) is 55.6 Å². The van der Waals surface area contributed by atoms with E-state index in [0.29, 0.717) is 0 Å². The molecule has 0 saturated heterocycles. The Balaban J connectivity index is 2.34. The molecule has 0 radical (unpaired) electrons. The van der Waals surface area contributed by atoms with Gasteiger partial charge in [0.1, 0.15) is 11.6 Å². The Morgan fingerprint density at radius 3 is 2.30 bits per heavy atom. The smallest absolute Gasteiger partial charge is 0.136 e. The maximum absolute atomic E-state index is 5.64. The second kappa shape index (κ2) is 7.87. The molecule has 2 aromatic carbocycles. The lowest BCUT2D eigenvalue weighted by atomic mass is 9.97. The Morgan fingerprint density at radius 2 is 1.67 bits per heavy atom. The van der Waals surface area contributed by atoms with Crippen molar-refractivity contribution < 1.29 is 4.74 Å². The van der Waals surface area contributed by atoms with Gasteiger partial charge in [-0.25, -0.2) is 4.98 Å². The van der Waals surface area contributed by atoms with E-state index < -0.39 is 0 Å². The second-order valence-electron chi connectivity index (χ2n) is 7.00. The van der Waals surface area contributed by atoms with Crippen LogP contribution in [0.1, 0.15) is 19.4 Å². The van der Waals surface area contributed by atoms with E-state index in [1.165, 1.54) is 22.0 Å². The lowest BCUT2D eigenvalue weighted by Crippen LogP contribution is -2.23. The monoisotopic (exact) mass is 363 g/mol. The molecule has 4 heteroatoms. The number of rotatable bonds is 6. The van der Waals surface area contributed by atoms with E-state index in [1.54, 1.807) is 7.11 Å². The van der Waals surface area contributed by atoms with Crippen molar-refractivity contribution in [2.45, 2.75) is 20.8 Å². The van der Waals surface area contributed by atoms with Gasteiger partial charge in [-0.3, -0.25) is 0 Å². The number of pyridine rings is 1. The Kier molecular flexibility index (Phi) is 5.54. The lowest BCUT2D eigenvalue weighted by Gasteiger charge is -2.24. The van der Waals surface area contributed by atoms with Crippen LogP contribution < -0.4 is 14.5 Å². The quantitative estimate of drug-likeness (QED) is 0.607. The molecular formula is C23H29N3O. The first-order valence-corrected chi connectivity index (χ1v) is 9.50. The molecule has 0 aliphatic heterocycles. The summed E-state index contributed by atoms with van der Waals surface area (Å²) in [6.07, 6.45) is 1.99. The van der Waals surface area contributed by atoms with Gasteiger partial charge < -0.3 is 14.5 Å². The minimum Gasteiger partial charge on any atom is -0.496 e. The van der Waals surface area contributed by atoms with Crippen molar-refractivity contribution in [2.24, 2.45) is 0 Å². The maximum Gasteiger partial charge on any atom is 0.136 e. The molecule has 1 aromatic heterocycles. The molecule has 0 unspecified atom stereocenters. The molecule has 0 bridgehead atoms. The number of fused-ring (bicyclic) bond motifs is 1. The number of methoxy groups -OCH3 is 1. The third-order valence-corrected chi connectivity index (χ3v) is 5.07. The van der Waals surface area contributed by atoms with Gasteiger partial charge in [-0.1, -0.05) is 17.7 Å². The summed E-state index contributed by atoms with van der Waals surface area (Å²) in [7, 11) is 5.86. The van der Waals surface area contributed by atoms with Gasteiger partial charge in [-0.15, -0.1) is 0 Å². The molecule has 3 aromatic rings. The van der Waals surface area contributed by atoms with Crippen LogP contribution >= 0.6 is 0 Å². The van der Waals surface area contributed by atoms with Crippen LogP contribution in [0.4, 0.5) is 11.5 Å². The van der Waals surface area contributed by atoms with Gasteiger partial charge >= 0.3 is 0 Å². The number of aromatic nitrogens is 1. The molecule has 3 rings (SSSR count). The van der Waals surface area contributed by atoms with E-state index in [0.717, 1.165) is 35.8 Å². The van der Waals surface area contributed by atoms with E-state index in [1.807, 2.05) is 12.3 Å².